The summed E-state index contributed by atoms with van der Waals surface area (Å²) in [5.41, 5.74) is 3.98. The molecule has 3 heterocycles. The van der Waals surface area contributed by atoms with Crippen molar-refractivity contribution in [3.63, 3.8) is 0 Å². The fourth-order valence-corrected chi connectivity index (χ4v) is 2.66. The number of rotatable bonds is 2. The van der Waals surface area contributed by atoms with Crippen LogP contribution in [0.4, 0.5) is 0 Å². The van der Waals surface area contributed by atoms with Crippen molar-refractivity contribution < 1.29 is 4.74 Å². The highest BCUT2D eigenvalue weighted by Crippen LogP contribution is 2.32. The summed E-state index contributed by atoms with van der Waals surface area (Å²) in [6, 6.07) is 12.0. The molecule has 0 spiro atoms. The van der Waals surface area contributed by atoms with Crippen molar-refractivity contribution in [2.45, 2.75) is 0 Å². The molecule has 0 saturated heterocycles. The predicted molar refractivity (Wildman–Crippen MR) is 83.4 cm³/mol. The van der Waals surface area contributed by atoms with Gasteiger partial charge in [-0.05, 0) is 30.3 Å². The molecule has 0 unspecified atom stereocenters. The number of methoxy groups -OCH3 is 1. The molecule has 3 aromatic heterocycles. The van der Waals surface area contributed by atoms with E-state index in [1.54, 1.807) is 13.3 Å². The van der Waals surface area contributed by atoms with Gasteiger partial charge in [0.1, 0.15) is 5.75 Å². The van der Waals surface area contributed by atoms with Gasteiger partial charge in [0.05, 0.1) is 23.8 Å². The molecule has 0 aliphatic carbocycles. The normalized spacial score (nSPS) is 11.1. The van der Waals surface area contributed by atoms with Gasteiger partial charge in [-0.3, -0.25) is 9.97 Å². The van der Waals surface area contributed by atoms with E-state index in [1.165, 1.54) is 5.39 Å². The Balaban J connectivity index is 2.05. The van der Waals surface area contributed by atoms with Crippen molar-refractivity contribution in [2.24, 2.45) is 0 Å². The fraction of sp³-hybridized carbons (Fsp3) is 0.0588. The number of nitrogens with zero attached hydrogens (tertiary/aromatic N) is 2. The third-order valence-electron chi connectivity index (χ3n) is 3.66. The number of hydrogen-bond donors (Lipinski definition) is 1. The van der Waals surface area contributed by atoms with E-state index in [2.05, 4.69) is 21.0 Å². The van der Waals surface area contributed by atoms with E-state index in [0.717, 1.165) is 33.4 Å². The van der Waals surface area contributed by atoms with Gasteiger partial charge in [0.25, 0.3) is 0 Å². The Hall–Kier alpha value is -2.88. The highest BCUT2D eigenvalue weighted by atomic mass is 16.5. The minimum Gasteiger partial charge on any atom is -0.497 e. The van der Waals surface area contributed by atoms with E-state index in [4.69, 9.17) is 4.74 Å². The molecule has 0 aliphatic rings. The van der Waals surface area contributed by atoms with E-state index < -0.39 is 0 Å². The van der Waals surface area contributed by atoms with Crippen LogP contribution in [0, 0.1) is 0 Å². The molecule has 4 aromatic rings. The van der Waals surface area contributed by atoms with Crippen molar-refractivity contribution in [2.75, 3.05) is 7.11 Å². The Labute approximate surface area is 121 Å². The van der Waals surface area contributed by atoms with Crippen LogP contribution in [-0.2, 0) is 0 Å². The first-order valence-electron chi connectivity index (χ1n) is 6.71. The van der Waals surface area contributed by atoms with E-state index in [-0.39, 0.29) is 0 Å². The number of nitrogens with one attached hydrogen (secondary N) is 1. The molecular formula is C17H13N3O. The maximum Gasteiger partial charge on any atom is 0.120 e. The van der Waals surface area contributed by atoms with Gasteiger partial charge in [-0.25, -0.2) is 0 Å². The van der Waals surface area contributed by atoms with Crippen LogP contribution in [0.3, 0.4) is 0 Å². The number of pyridine rings is 2. The second kappa shape index (κ2) is 4.59. The van der Waals surface area contributed by atoms with Crippen LogP contribution >= 0.6 is 0 Å². The number of aromatic amines is 1. The monoisotopic (exact) mass is 275 g/mol. The molecule has 1 aromatic carbocycles. The summed E-state index contributed by atoms with van der Waals surface area (Å²) in [5, 5.41) is 2.32. The third kappa shape index (κ3) is 1.84. The predicted octanol–water partition coefficient (Wildman–Crippen LogP) is 3.79. The first kappa shape index (κ1) is 11.9. The lowest BCUT2D eigenvalue weighted by atomic mass is 10.1. The smallest absolute Gasteiger partial charge is 0.120 e. The Morgan fingerprint density at radius 1 is 1.05 bits per heavy atom. The summed E-state index contributed by atoms with van der Waals surface area (Å²) in [4.78, 5) is 12.1. The molecule has 4 heteroatoms. The largest absolute Gasteiger partial charge is 0.497 e. The number of H-pyrrole nitrogens is 1. The number of ether oxygens (including phenoxy) is 1. The second-order valence-electron chi connectivity index (χ2n) is 4.86. The Morgan fingerprint density at radius 3 is 2.81 bits per heavy atom. The van der Waals surface area contributed by atoms with E-state index >= 15 is 0 Å². The summed E-state index contributed by atoms with van der Waals surface area (Å²) in [7, 11) is 1.67. The van der Waals surface area contributed by atoms with Crippen molar-refractivity contribution in [1.29, 1.82) is 0 Å². The summed E-state index contributed by atoms with van der Waals surface area (Å²) >= 11 is 0. The molecule has 0 amide bonds. The van der Waals surface area contributed by atoms with Crippen LogP contribution in [0.25, 0.3) is 33.1 Å². The first-order valence-corrected chi connectivity index (χ1v) is 6.71. The molecule has 0 radical (unpaired) electrons. The standard InChI is InChI=1S/C17H13N3O/c1-21-12-4-5-13-14-6-8-19-16(11-3-2-7-18-10-11)17(14)20-15(13)9-12/h2-10,20H,1H3. The minimum atomic E-state index is 0.838. The fourth-order valence-electron chi connectivity index (χ4n) is 2.66. The maximum atomic E-state index is 5.29. The van der Waals surface area contributed by atoms with Crippen molar-refractivity contribution in [3.05, 3.63) is 55.0 Å². The molecule has 0 bridgehead atoms. The molecular weight excluding hydrogens is 262 g/mol. The highest BCUT2D eigenvalue weighted by Gasteiger charge is 2.11. The van der Waals surface area contributed by atoms with Crippen molar-refractivity contribution >= 4 is 21.8 Å². The van der Waals surface area contributed by atoms with Gasteiger partial charge < -0.3 is 9.72 Å². The third-order valence-corrected chi connectivity index (χ3v) is 3.66. The van der Waals surface area contributed by atoms with Crippen LogP contribution in [-0.4, -0.2) is 22.1 Å². The molecule has 0 atom stereocenters. The van der Waals surface area contributed by atoms with Gasteiger partial charge in [0, 0.05) is 41.0 Å². The highest BCUT2D eigenvalue weighted by molar-refractivity contribution is 6.11. The molecule has 0 fully saturated rings. The number of benzene rings is 1. The molecule has 21 heavy (non-hydrogen) atoms. The Kier molecular flexibility index (Phi) is 2.60. The average Bonchev–Trinajstić information content (AvgIpc) is 2.93. The SMILES string of the molecule is COc1ccc2c(c1)[nH]c1c(-c3cccnc3)nccc12. The van der Waals surface area contributed by atoms with Crippen molar-refractivity contribution in [1.82, 2.24) is 15.0 Å². The molecule has 0 aliphatic heterocycles. The summed E-state index contributed by atoms with van der Waals surface area (Å²) in [6.07, 6.45) is 5.43. The summed E-state index contributed by atoms with van der Waals surface area (Å²) in [6.45, 7) is 0. The number of fused-ring (bicyclic) bond motifs is 3. The van der Waals surface area contributed by atoms with Gasteiger partial charge in [0.15, 0.2) is 0 Å². The minimum absolute atomic E-state index is 0.838. The van der Waals surface area contributed by atoms with E-state index in [9.17, 15) is 0 Å². The number of aromatic nitrogens is 3. The first-order chi connectivity index (χ1) is 10.4. The van der Waals surface area contributed by atoms with E-state index in [0.29, 0.717) is 0 Å². The van der Waals surface area contributed by atoms with Crippen LogP contribution in [0.1, 0.15) is 0 Å². The zero-order chi connectivity index (χ0) is 14.2. The molecule has 0 saturated carbocycles. The van der Waals surface area contributed by atoms with Gasteiger partial charge in [-0.1, -0.05) is 0 Å². The molecule has 4 nitrogen and oxygen atoms in total. The Morgan fingerprint density at radius 2 is 2.00 bits per heavy atom. The Bertz CT molecular complexity index is 929. The van der Waals surface area contributed by atoms with Crippen LogP contribution < -0.4 is 4.74 Å². The molecule has 4 rings (SSSR count). The topological polar surface area (TPSA) is 50.8 Å². The summed E-state index contributed by atoms with van der Waals surface area (Å²) < 4.78 is 5.29. The van der Waals surface area contributed by atoms with Crippen LogP contribution in [0.15, 0.2) is 55.0 Å². The molecule has 102 valence electrons. The lowest BCUT2D eigenvalue weighted by molar-refractivity contribution is 0.415. The summed E-state index contributed by atoms with van der Waals surface area (Å²) in [5.74, 6) is 0.838. The maximum absolute atomic E-state index is 5.29. The van der Waals surface area contributed by atoms with Gasteiger partial charge in [-0.2, -0.15) is 0 Å². The van der Waals surface area contributed by atoms with E-state index in [1.807, 2.05) is 42.7 Å². The van der Waals surface area contributed by atoms with Crippen molar-refractivity contribution in [3.8, 4) is 17.0 Å². The van der Waals surface area contributed by atoms with Crippen LogP contribution in [0.2, 0.25) is 0 Å². The van der Waals surface area contributed by atoms with Gasteiger partial charge in [-0.15, -0.1) is 0 Å². The zero-order valence-electron chi connectivity index (χ0n) is 11.5. The average molecular weight is 275 g/mol. The van der Waals surface area contributed by atoms with Gasteiger partial charge in [0.2, 0.25) is 0 Å². The van der Waals surface area contributed by atoms with Gasteiger partial charge >= 0.3 is 0 Å². The number of hydrogen-bond acceptors (Lipinski definition) is 3. The lowest BCUT2D eigenvalue weighted by Crippen LogP contribution is -1.85. The molecule has 1 N–H and O–H groups in total. The second-order valence-corrected chi connectivity index (χ2v) is 4.86. The lowest BCUT2D eigenvalue weighted by Gasteiger charge is -2.01. The zero-order valence-corrected chi connectivity index (χ0v) is 11.5. The quantitative estimate of drug-likeness (QED) is 0.605. The van der Waals surface area contributed by atoms with Crippen LogP contribution in [0.5, 0.6) is 5.75 Å².